The van der Waals surface area contributed by atoms with Crippen molar-refractivity contribution in [3.05, 3.63) is 102 Å². The number of hydrogen-bond donors (Lipinski definition) is 1. The van der Waals surface area contributed by atoms with Crippen molar-refractivity contribution in [2.75, 3.05) is 0 Å². The molecule has 0 aliphatic heterocycles. The molecule has 4 aromatic carbocycles. The number of hydrogen-bond acceptors (Lipinski definition) is 3. The Kier molecular flexibility index (Phi) is 5.31. The first-order valence-electron chi connectivity index (χ1n) is 10.7. The number of Topliss-reactive ketones (excluding diaryl/α,β-unsaturated/α-hetero) is 1. The molecule has 1 N–H and O–H groups in total. The molecule has 4 nitrogen and oxygen atoms in total. The molecule has 1 aliphatic rings. The molecule has 0 saturated carbocycles. The first-order chi connectivity index (χ1) is 16.0. The van der Waals surface area contributed by atoms with Crippen molar-refractivity contribution in [1.29, 1.82) is 0 Å². The molecule has 1 heterocycles. The highest BCUT2D eigenvalue weighted by Gasteiger charge is 2.19. The Hall–Kier alpha value is -4.12. The third-order valence-corrected chi connectivity index (χ3v) is 6.12. The van der Waals surface area contributed by atoms with E-state index >= 15 is 0 Å². The summed E-state index contributed by atoms with van der Waals surface area (Å²) >= 11 is 0. The van der Waals surface area contributed by atoms with Gasteiger partial charge in [0.2, 0.25) is 0 Å². The predicted octanol–water partition coefficient (Wildman–Crippen LogP) is 6.12. The summed E-state index contributed by atoms with van der Waals surface area (Å²) in [6, 6.07) is 21.9. The van der Waals surface area contributed by atoms with Crippen molar-refractivity contribution in [2.45, 2.75) is 19.3 Å². The van der Waals surface area contributed by atoms with Gasteiger partial charge in [0.05, 0.1) is 11.1 Å². The van der Waals surface area contributed by atoms with Crippen LogP contribution in [0.3, 0.4) is 0 Å². The summed E-state index contributed by atoms with van der Waals surface area (Å²) in [5.41, 5.74) is 3.21. The Labute approximate surface area is 189 Å². The quantitative estimate of drug-likeness (QED) is 0.321. The summed E-state index contributed by atoms with van der Waals surface area (Å²) in [7, 11) is 0. The van der Waals surface area contributed by atoms with E-state index in [1.165, 1.54) is 12.3 Å². The van der Waals surface area contributed by atoms with E-state index in [1.54, 1.807) is 24.3 Å². The fourth-order valence-electron chi connectivity index (χ4n) is 4.55. The number of para-hydroxylation sites is 1. The predicted molar refractivity (Wildman–Crippen MR) is 127 cm³/mol. The van der Waals surface area contributed by atoms with E-state index in [-0.39, 0.29) is 11.6 Å². The van der Waals surface area contributed by atoms with Crippen LogP contribution in [0.2, 0.25) is 0 Å². The zero-order chi connectivity index (χ0) is 22.9. The molecular weight excluding hydrogens is 417 g/mol. The largest absolute Gasteiger partial charge is 0.478 e. The molecule has 0 saturated heterocycles. The number of carboxylic acid groups (broad SMARTS) is 1. The minimum absolute atomic E-state index is 0.182. The van der Waals surface area contributed by atoms with Crippen molar-refractivity contribution >= 4 is 44.2 Å². The van der Waals surface area contributed by atoms with E-state index in [0.717, 1.165) is 33.7 Å². The number of aryl methyl sites for hydroxylation is 1. The highest BCUT2D eigenvalue weighted by atomic mass is 19.1. The molecule has 1 aromatic heterocycles. The number of carbonyl (C=O) groups is 2. The van der Waals surface area contributed by atoms with Crippen LogP contribution in [0.15, 0.2) is 79.0 Å². The van der Waals surface area contributed by atoms with Crippen LogP contribution in [0.25, 0.3) is 32.4 Å². The molecule has 0 unspecified atom stereocenters. The second kappa shape index (κ2) is 8.43. The summed E-state index contributed by atoms with van der Waals surface area (Å²) in [5.74, 6) is -0.824. The van der Waals surface area contributed by atoms with Gasteiger partial charge in [0, 0.05) is 29.8 Å². The highest BCUT2D eigenvalue weighted by Crippen LogP contribution is 2.34. The summed E-state index contributed by atoms with van der Waals surface area (Å²) in [6.45, 7) is 0. The summed E-state index contributed by atoms with van der Waals surface area (Å²) in [5, 5.41) is 13.2. The van der Waals surface area contributed by atoms with Gasteiger partial charge in [-0.2, -0.15) is 0 Å². The van der Waals surface area contributed by atoms with Crippen molar-refractivity contribution < 1.29 is 19.1 Å². The van der Waals surface area contributed by atoms with E-state index in [1.807, 2.05) is 42.5 Å². The van der Waals surface area contributed by atoms with Crippen molar-refractivity contribution in [3.8, 4) is 0 Å². The maximum absolute atomic E-state index is 14.3. The van der Waals surface area contributed by atoms with Gasteiger partial charge in [0.25, 0.3) is 0 Å². The lowest BCUT2D eigenvalue weighted by molar-refractivity contribution is -0.118. The van der Waals surface area contributed by atoms with Crippen LogP contribution in [-0.2, 0) is 17.6 Å². The van der Waals surface area contributed by atoms with E-state index in [0.29, 0.717) is 34.7 Å². The van der Waals surface area contributed by atoms with Crippen molar-refractivity contribution in [1.82, 2.24) is 4.98 Å². The van der Waals surface area contributed by atoms with Gasteiger partial charge in [0.15, 0.2) is 0 Å². The van der Waals surface area contributed by atoms with E-state index in [2.05, 4.69) is 4.98 Å². The number of fused-ring (bicyclic) bond motifs is 6. The standard InChI is InChI=1S/C18H13FO.C10H7NO2/c19-18-10-17-13-8-6-12(20)9-11(13)5-7-15(17)14-3-1-2-4-16(14)18;12-10(13)8-5-6-11-9-4-2-1-3-7(8)9/h1-5,7,10H,6,8-9H2;1-6H,(H,12,13). The molecule has 5 heteroatoms. The average molecular weight is 437 g/mol. The molecule has 0 atom stereocenters. The summed E-state index contributed by atoms with van der Waals surface area (Å²) in [6.07, 6.45) is 3.29. The topological polar surface area (TPSA) is 67.3 Å². The van der Waals surface area contributed by atoms with Crippen molar-refractivity contribution in [2.24, 2.45) is 0 Å². The maximum Gasteiger partial charge on any atom is 0.336 e. The fraction of sp³-hybridized carbons (Fsp3) is 0.107. The number of carbonyl (C=O) groups excluding carboxylic acids is 1. The van der Waals surface area contributed by atoms with Crippen LogP contribution in [-0.4, -0.2) is 21.8 Å². The number of halogens is 1. The van der Waals surface area contributed by atoms with E-state index in [4.69, 9.17) is 5.11 Å². The number of ketones is 1. The third kappa shape index (κ3) is 3.82. The first-order valence-corrected chi connectivity index (χ1v) is 10.7. The van der Waals surface area contributed by atoms with Crippen LogP contribution < -0.4 is 0 Å². The monoisotopic (exact) mass is 437 g/mol. The van der Waals surface area contributed by atoms with Crippen LogP contribution in [0.5, 0.6) is 0 Å². The van der Waals surface area contributed by atoms with Gasteiger partial charge in [-0.15, -0.1) is 0 Å². The molecule has 162 valence electrons. The summed E-state index contributed by atoms with van der Waals surface area (Å²) in [4.78, 5) is 26.4. The molecule has 6 rings (SSSR count). The Bertz CT molecular complexity index is 1550. The molecule has 0 amide bonds. The van der Waals surface area contributed by atoms with Crippen LogP contribution in [0.1, 0.15) is 27.9 Å². The second-order valence-electron chi connectivity index (χ2n) is 8.10. The summed E-state index contributed by atoms with van der Waals surface area (Å²) < 4.78 is 14.3. The first kappa shape index (κ1) is 20.8. The molecule has 5 aromatic rings. The van der Waals surface area contributed by atoms with Gasteiger partial charge in [0.1, 0.15) is 11.6 Å². The molecular formula is C28H20FNO3. The molecule has 33 heavy (non-hydrogen) atoms. The Morgan fingerprint density at radius 1 is 0.818 bits per heavy atom. The van der Waals surface area contributed by atoms with E-state index < -0.39 is 5.97 Å². The number of benzene rings is 4. The third-order valence-electron chi connectivity index (χ3n) is 6.12. The van der Waals surface area contributed by atoms with E-state index in [9.17, 15) is 14.0 Å². The Balaban J connectivity index is 0.000000152. The normalized spacial score (nSPS) is 12.9. The van der Waals surface area contributed by atoms with Crippen LogP contribution in [0, 0.1) is 5.82 Å². The van der Waals surface area contributed by atoms with Gasteiger partial charge in [-0.3, -0.25) is 9.78 Å². The minimum atomic E-state index is -0.918. The van der Waals surface area contributed by atoms with Crippen LogP contribution >= 0.6 is 0 Å². The number of nitrogens with zero attached hydrogens (tertiary/aromatic N) is 1. The number of carboxylic acids is 1. The molecule has 0 spiro atoms. The SMILES string of the molecule is O=C(O)c1ccnc2ccccc12.O=C1CCc2c(ccc3c2cc(F)c2ccccc23)C1. The highest BCUT2D eigenvalue weighted by molar-refractivity contribution is 6.09. The van der Waals surface area contributed by atoms with Crippen LogP contribution in [0.4, 0.5) is 4.39 Å². The lowest BCUT2D eigenvalue weighted by Gasteiger charge is -2.18. The molecule has 0 radical (unpaired) electrons. The van der Waals surface area contributed by atoms with Gasteiger partial charge in [-0.05, 0) is 51.9 Å². The zero-order valence-electron chi connectivity index (χ0n) is 17.7. The Morgan fingerprint density at radius 3 is 2.30 bits per heavy atom. The maximum atomic E-state index is 14.3. The van der Waals surface area contributed by atoms with Gasteiger partial charge in [-0.1, -0.05) is 54.6 Å². The number of rotatable bonds is 1. The number of aromatic carboxylic acids is 1. The molecule has 0 bridgehead atoms. The van der Waals surface area contributed by atoms with Gasteiger partial charge >= 0.3 is 5.97 Å². The van der Waals surface area contributed by atoms with Gasteiger partial charge in [-0.25, -0.2) is 9.18 Å². The fourth-order valence-corrected chi connectivity index (χ4v) is 4.55. The smallest absolute Gasteiger partial charge is 0.336 e. The number of pyridine rings is 1. The molecule has 1 aliphatic carbocycles. The zero-order valence-corrected chi connectivity index (χ0v) is 17.7. The van der Waals surface area contributed by atoms with Crippen molar-refractivity contribution in [3.63, 3.8) is 0 Å². The lowest BCUT2D eigenvalue weighted by Crippen LogP contribution is -2.13. The minimum Gasteiger partial charge on any atom is -0.478 e. The number of aromatic nitrogens is 1. The van der Waals surface area contributed by atoms with Gasteiger partial charge < -0.3 is 5.11 Å². The molecule has 0 fully saturated rings. The Morgan fingerprint density at radius 2 is 1.52 bits per heavy atom. The average Bonchev–Trinajstić information content (AvgIpc) is 2.84. The lowest BCUT2D eigenvalue weighted by atomic mass is 9.86. The second-order valence-corrected chi connectivity index (χ2v) is 8.10.